The second kappa shape index (κ2) is 6.17. The van der Waals surface area contributed by atoms with Gasteiger partial charge in [0.05, 0.1) is 0 Å². The van der Waals surface area contributed by atoms with Crippen LogP contribution in [0.2, 0.25) is 0 Å². The van der Waals surface area contributed by atoms with E-state index in [9.17, 15) is 0 Å². The van der Waals surface area contributed by atoms with Crippen molar-refractivity contribution in [3.05, 3.63) is 0 Å². The van der Waals surface area contributed by atoms with Crippen LogP contribution in [0.4, 0.5) is 0 Å². The summed E-state index contributed by atoms with van der Waals surface area (Å²) in [6.45, 7) is 15.3. The topological polar surface area (TPSA) is 9.72 Å². The summed E-state index contributed by atoms with van der Waals surface area (Å²) >= 11 is 0. The lowest BCUT2D eigenvalue weighted by Crippen LogP contribution is -2.60. The summed E-state index contributed by atoms with van der Waals surface area (Å²) in [6.07, 6.45) is 5.60. The third-order valence-corrected chi connectivity index (χ3v) is 6.38. The van der Waals surface area contributed by atoms with E-state index in [2.05, 4.69) is 42.5 Å². The number of likely N-dealkylation sites (tertiary alicyclic amines) is 1. The highest BCUT2D eigenvalue weighted by molar-refractivity contribution is 4.96. The van der Waals surface area contributed by atoms with Gasteiger partial charge in [0.25, 0.3) is 0 Å². The van der Waals surface area contributed by atoms with E-state index in [4.69, 9.17) is 0 Å². The van der Waals surface area contributed by atoms with E-state index >= 15 is 0 Å². The first-order valence-corrected chi connectivity index (χ1v) is 9.13. The molecule has 122 valence electrons. The Kier molecular flexibility index (Phi) is 4.63. The largest absolute Gasteiger partial charge is 0.306 e. The van der Waals surface area contributed by atoms with Crippen LogP contribution in [0.25, 0.3) is 0 Å². The van der Waals surface area contributed by atoms with Gasteiger partial charge in [0.15, 0.2) is 0 Å². The van der Waals surface area contributed by atoms with Gasteiger partial charge < -0.3 is 4.90 Å². The maximum atomic E-state index is 2.88. The Hall–Kier alpha value is -0.120. The van der Waals surface area contributed by atoms with Crippen LogP contribution < -0.4 is 0 Å². The summed E-state index contributed by atoms with van der Waals surface area (Å²) in [5, 5.41) is 0. The van der Waals surface area contributed by atoms with Crippen molar-refractivity contribution >= 4 is 0 Å². The summed E-state index contributed by atoms with van der Waals surface area (Å²) in [6, 6.07) is 1.63. The molecule has 3 saturated heterocycles. The average molecular weight is 293 g/mol. The molecule has 2 unspecified atom stereocenters. The molecule has 3 aliphatic heterocycles. The van der Waals surface area contributed by atoms with Crippen LogP contribution in [-0.4, -0.2) is 73.1 Å². The quantitative estimate of drug-likeness (QED) is 0.792. The summed E-state index contributed by atoms with van der Waals surface area (Å²) in [5.74, 6) is 0.779. The molecule has 0 aromatic heterocycles. The van der Waals surface area contributed by atoms with Crippen molar-refractivity contribution in [1.82, 2.24) is 14.7 Å². The van der Waals surface area contributed by atoms with Gasteiger partial charge in [-0.1, -0.05) is 20.8 Å². The molecule has 3 heterocycles. The van der Waals surface area contributed by atoms with Gasteiger partial charge in [0.2, 0.25) is 0 Å². The standard InChI is InChI=1S/C18H35N3/c1-15(2)17-13-20-9-5-6-16(20)12-21(17)14-18(3)7-10-19(4)11-8-18/h15-17H,5-14H2,1-4H3. The van der Waals surface area contributed by atoms with Crippen LogP contribution in [0.3, 0.4) is 0 Å². The molecule has 3 fully saturated rings. The van der Waals surface area contributed by atoms with Crippen LogP contribution in [0, 0.1) is 11.3 Å². The predicted molar refractivity (Wildman–Crippen MR) is 89.6 cm³/mol. The van der Waals surface area contributed by atoms with E-state index in [-0.39, 0.29) is 0 Å². The number of nitrogens with zero attached hydrogens (tertiary/aromatic N) is 3. The van der Waals surface area contributed by atoms with Crippen LogP contribution in [0.15, 0.2) is 0 Å². The van der Waals surface area contributed by atoms with Crippen LogP contribution in [0.1, 0.15) is 46.5 Å². The molecule has 0 bridgehead atoms. The second-order valence-corrected chi connectivity index (χ2v) is 8.65. The third kappa shape index (κ3) is 3.46. The Morgan fingerprint density at radius 1 is 1.10 bits per heavy atom. The molecule has 3 heteroatoms. The van der Waals surface area contributed by atoms with Gasteiger partial charge in [-0.3, -0.25) is 9.80 Å². The maximum absolute atomic E-state index is 2.88. The number of rotatable bonds is 3. The van der Waals surface area contributed by atoms with E-state index in [0.717, 1.165) is 18.0 Å². The summed E-state index contributed by atoms with van der Waals surface area (Å²) in [5.41, 5.74) is 0.542. The molecule has 0 N–H and O–H groups in total. The number of fused-ring (bicyclic) bond motifs is 1. The molecule has 0 aromatic rings. The van der Waals surface area contributed by atoms with Crippen molar-refractivity contribution in [1.29, 1.82) is 0 Å². The Morgan fingerprint density at radius 3 is 2.48 bits per heavy atom. The van der Waals surface area contributed by atoms with Crippen molar-refractivity contribution in [2.45, 2.75) is 58.5 Å². The lowest BCUT2D eigenvalue weighted by Gasteiger charge is -2.50. The van der Waals surface area contributed by atoms with Crippen molar-refractivity contribution in [3.63, 3.8) is 0 Å². The fourth-order valence-electron chi connectivity index (χ4n) is 4.73. The highest BCUT2D eigenvalue weighted by Gasteiger charge is 2.40. The van der Waals surface area contributed by atoms with Crippen LogP contribution in [0.5, 0.6) is 0 Å². The highest BCUT2D eigenvalue weighted by atomic mass is 15.3. The molecule has 2 atom stereocenters. The van der Waals surface area contributed by atoms with E-state index in [1.165, 1.54) is 65.0 Å². The van der Waals surface area contributed by atoms with Crippen molar-refractivity contribution in [3.8, 4) is 0 Å². The van der Waals surface area contributed by atoms with Gasteiger partial charge in [-0.2, -0.15) is 0 Å². The summed E-state index contributed by atoms with van der Waals surface area (Å²) in [7, 11) is 2.27. The second-order valence-electron chi connectivity index (χ2n) is 8.65. The number of piperidine rings is 1. The number of piperazine rings is 1. The molecule has 0 radical (unpaired) electrons. The van der Waals surface area contributed by atoms with Crippen LogP contribution in [-0.2, 0) is 0 Å². The normalized spacial score (nSPS) is 35.3. The molecular weight excluding hydrogens is 258 g/mol. The van der Waals surface area contributed by atoms with Crippen molar-refractivity contribution in [2.24, 2.45) is 11.3 Å². The minimum Gasteiger partial charge on any atom is -0.306 e. The Balaban J connectivity index is 1.66. The molecule has 0 saturated carbocycles. The zero-order valence-corrected chi connectivity index (χ0v) is 14.6. The maximum Gasteiger partial charge on any atom is 0.0247 e. The van der Waals surface area contributed by atoms with Crippen molar-refractivity contribution in [2.75, 3.05) is 46.3 Å². The fraction of sp³-hybridized carbons (Fsp3) is 1.00. The third-order valence-electron chi connectivity index (χ3n) is 6.38. The lowest BCUT2D eigenvalue weighted by atomic mass is 9.79. The molecule has 21 heavy (non-hydrogen) atoms. The SMILES string of the molecule is CC(C)C1CN2CCCC2CN1CC1(C)CCN(C)CC1. The molecule has 3 nitrogen and oxygen atoms in total. The zero-order valence-electron chi connectivity index (χ0n) is 14.6. The Morgan fingerprint density at radius 2 is 1.81 bits per heavy atom. The molecule has 0 amide bonds. The molecule has 3 rings (SSSR count). The minimum absolute atomic E-state index is 0.542. The van der Waals surface area contributed by atoms with Gasteiger partial charge in [-0.15, -0.1) is 0 Å². The Bertz CT molecular complexity index is 346. The van der Waals surface area contributed by atoms with Gasteiger partial charge >= 0.3 is 0 Å². The van der Waals surface area contributed by atoms with E-state index in [1.807, 2.05) is 0 Å². The first-order valence-electron chi connectivity index (χ1n) is 9.13. The zero-order chi connectivity index (χ0) is 15.0. The fourth-order valence-corrected chi connectivity index (χ4v) is 4.73. The van der Waals surface area contributed by atoms with Gasteiger partial charge in [0.1, 0.15) is 0 Å². The van der Waals surface area contributed by atoms with Gasteiger partial charge in [-0.25, -0.2) is 0 Å². The van der Waals surface area contributed by atoms with Crippen LogP contribution >= 0.6 is 0 Å². The molecule has 0 aliphatic carbocycles. The highest BCUT2D eigenvalue weighted by Crippen LogP contribution is 2.35. The molecule has 0 spiro atoms. The first kappa shape index (κ1) is 15.8. The first-order chi connectivity index (χ1) is 9.97. The van der Waals surface area contributed by atoms with Gasteiger partial charge in [-0.05, 0) is 63.7 Å². The van der Waals surface area contributed by atoms with E-state index in [1.54, 1.807) is 0 Å². The number of hydrogen-bond donors (Lipinski definition) is 0. The molecule has 3 aliphatic rings. The number of hydrogen-bond acceptors (Lipinski definition) is 3. The lowest BCUT2D eigenvalue weighted by molar-refractivity contribution is -0.0102. The summed E-state index contributed by atoms with van der Waals surface area (Å²) in [4.78, 5) is 8.15. The Labute approximate surface area is 131 Å². The van der Waals surface area contributed by atoms with E-state index < -0.39 is 0 Å². The monoisotopic (exact) mass is 293 g/mol. The minimum atomic E-state index is 0.542. The van der Waals surface area contributed by atoms with Crippen molar-refractivity contribution < 1.29 is 0 Å². The van der Waals surface area contributed by atoms with Gasteiger partial charge in [0, 0.05) is 31.7 Å². The van der Waals surface area contributed by atoms with E-state index in [0.29, 0.717) is 5.41 Å². The predicted octanol–water partition coefficient (Wildman–Crippen LogP) is 2.52. The smallest absolute Gasteiger partial charge is 0.0247 e. The summed E-state index contributed by atoms with van der Waals surface area (Å²) < 4.78 is 0. The molecule has 0 aromatic carbocycles. The molecular formula is C18H35N3. The average Bonchev–Trinajstić information content (AvgIpc) is 2.88.